The molecule has 1 saturated heterocycles. The third-order valence-corrected chi connectivity index (χ3v) is 3.73. The molecule has 0 unspecified atom stereocenters. The Kier molecular flexibility index (Phi) is 3.25. The number of hydrogen-bond donors (Lipinski definition) is 2. The smallest absolute Gasteiger partial charge is 0.222 e. The molecule has 1 fully saturated rings. The zero-order chi connectivity index (χ0) is 13.2. The predicted molar refractivity (Wildman–Crippen MR) is 73.8 cm³/mol. The van der Waals surface area contributed by atoms with E-state index in [-0.39, 0.29) is 12.0 Å². The molecule has 0 saturated carbocycles. The molecule has 4 nitrogen and oxygen atoms in total. The highest BCUT2D eigenvalue weighted by atomic mass is 16.3. The van der Waals surface area contributed by atoms with Gasteiger partial charge in [0.05, 0.1) is 6.10 Å². The number of nitrogens with zero attached hydrogens (tertiary/aromatic N) is 1. The minimum Gasteiger partial charge on any atom is -0.389 e. The van der Waals surface area contributed by atoms with Crippen LogP contribution in [0.3, 0.4) is 0 Å². The molecule has 2 heterocycles. The maximum absolute atomic E-state index is 11.8. The topological polar surface area (TPSA) is 56.3 Å². The summed E-state index contributed by atoms with van der Waals surface area (Å²) in [6.45, 7) is 1.01. The number of hydrogen-bond acceptors (Lipinski definition) is 2. The maximum Gasteiger partial charge on any atom is 0.222 e. The van der Waals surface area contributed by atoms with E-state index in [1.54, 1.807) is 4.90 Å². The highest BCUT2D eigenvalue weighted by Gasteiger charge is 2.27. The van der Waals surface area contributed by atoms with Crippen LogP contribution in [-0.2, 0) is 11.2 Å². The van der Waals surface area contributed by atoms with Crippen molar-refractivity contribution in [2.45, 2.75) is 25.4 Å². The SMILES string of the molecule is O=C(CCCc1c[nH]c2ccccc12)N1CC(O)C1. The monoisotopic (exact) mass is 258 g/mol. The molecule has 2 aromatic rings. The van der Waals surface area contributed by atoms with Crippen LogP contribution in [0.5, 0.6) is 0 Å². The number of carbonyl (C=O) groups excluding carboxylic acids is 1. The van der Waals surface area contributed by atoms with Crippen LogP contribution in [0.15, 0.2) is 30.5 Å². The summed E-state index contributed by atoms with van der Waals surface area (Å²) in [5.41, 5.74) is 2.42. The summed E-state index contributed by atoms with van der Waals surface area (Å²) in [7, 11) is 0. The summed E-state index contributed by atoms with van der Waals surface area (Å²) >= 11 is 0. The maximum atomic E-state index is 11.8. The van der Waals surface area contributed by atoms with E-state index in [0.717, 1.165) is 18.4 Å². The molecule has 19 heavy (non-hydrogen) atoms. The molecule has 1 amide bonds. The Bertz CT molecular complexity index is 585. The van der Waals surface area contributed by atoms with Crippen molar-refractivity contribution in [1.29, 1.82) is 0 Å². The van der Waals surface area contributed by atoms with E-state index in [4.69, 9.17) is 5.11 Å². The van der Waals surface area contributed by atoms with Gasteiger partial charge in [0, 0.05) is 36.6 Å². The standard InChI is InChI=1S/C15H18N2O2/c18-12-9-17(10-12)15(19)7-3-4-11-8-16-14-6-2-1-5-13(11)14/h1-2,5-6,8,12,16,18H,3-4,7,9-10H2. The normalized spacial score (nSPS) is 15.7. The largest absolute Gasteiger partial charge is 0.389 e. The number of amides is 1. The van der Waals surface area contributed by atoms with Crippen molar-refractivity contribution >= 4 is 16.8 Å². The van der Waals surface area contributed by atoms with E-state index in [2.05, 4.69) is 17.1 Å². The van der Waals surface area contributed by atoms with E-state index < -0.39 is 0 Å². The van der Waals surface area contributed by atoms with Crippen LogP contribution in [0.2, 0.25) is 0 Å². The molecule has 1 aliphatic rings. The van der Waals surface area contributed by atoms with Gasteiger partial charge in [-0.25, -0.2) is 0 Å². The minimum absolute atomic E-state index is 0.158. The molecule has 4 heteroatoms. The second kappa shape index (κ2) is 5.05. The number of β-amino-alcohol motifs (C(OH)–C–C–N with tert-alkyl or cyclic N) is 1. The third kappa shape index (κ3) is 2.49. The number of H-pyrrole nitrogens is 1. The van der Waals surface area contributed by atoms with Crippen LogP contribution in [-0.4, -0.2) is 40.1 Å². The predicted octanol–water partition coefficient (Wildman–Crippen LogP) is 1.69. The molecule has 0 bridgehead atoms. The fraction of sp³-hybridized carbons (Fsp3) is 0.400. The Morgan fingerprint density at radius 2 is 2.16 bits per heavy atom. The van der Waals surface area contributed by atoms with Gasteiger partial charge in [-0.3, -0.25) is 4.79 Å². The highest BCUT2D eigenvalue weighted by Crippen LogP contribution is 2.20. The first-order valence-electron chi connectivity index (χ1n) is 6.75. The number of nitrogens with one attached hydrogen (secondary N) is 1. The number of fused-ring (bicyclic) bond motifs is 1. The first-order valence-corrected chi connectivity index (χ1v) is 6.75. The van der Waals surface area contributed by atoms with Crippen LogP contribution < -0.4 is 0 Å². The lowest BCUT2D eigenvalue weighted by atomic mass is 10.1. The molecule has 1 aromatic carbocycles. The molecular formula is C15H18N2O2. The van der Waals surface area contributed by atoms with Gasteiger partial charge in [0.15, 0.2) is 0 Å². The van der Waals surface area contributed by atoms with Crippen molar-refractivity contribution in [2.24, 2.45) is 0 Å². The Balaban J connectivity index is 1.53. The molecule has 0 radical (unpaired) electrons. The number of benzene rings is 1. The number of carbonyl (C=O) groups is 1. The highest BCUT2D eigenvalue weighted by molar-refractivity contribution is 5.83. The average molecular weight is 258 g/mol. The van der Waals surface area contributed by atoms with Crippen molar-refractivity contribution in [1.82, 2.24) is 9.88 Å². The molecule has 0 atom stereocenters. The fourth-order valence-corrected chi connectivity index (χ4v) is 2.59. The number of rotatable bonds is 4. The van der Waals surface area contributed by atoms with Crippen molar-refractivity contribution in [3.8, 4) is 0 Å². The summed E-state index contributed by atoms with van der Waals surface area (Å²) < 4.78 is 0. The number of likely N-dealkylation sites (tertiary alicyclic amines) is 1. The third-order valence-electron chi connectivity index (χ3n) is 3.73. The van der Waals surface area contributed by atoms with Gasteiger partial charge in [0.1, 0.15) is 0 Å². The Labute approximate surface area is 112 Å². The van der Waals surface area contributed by atoms with Crippen LogP contribution >= 0.6 is 0 Å². The number of aliphatic hydroxyl groups is 1. The second-order valence-electron chi connectivity index (χ2n) is 5.17. The zero-order valence-corrected chi connectivity index (χ0v) is 10.8. The number of aromatic amines is 1. The summed E-state index contributed by atoms with van der Waals surface area (Å²) in [5.74, 6) is 0.158. The van der Waals surface area contributed by atoms with Crippen molar-refractivity contribution in [2.75, 3.05) is 13.1 Å². The lowest BCUT2D eigenvalue weighted by molar-refractivity contribution is -0.141. The zero-order valence-electron chi connectivity index (χ0n) is 10.8. The van der Waals surface area contributed by atoms with E-state index in [0.29, 0.717) is 19.5 Å². The molecule has 1 aromatic heterocycles. The molecule has 2 N–H and O–H groups in total. The second-order valence-corrected chi connectivity index (χ2v) is 5.17. The van der Waals surface area contributed by atoms with Gasteiger partial charge in [-0.2, -0.15) is 0 Å². The van der Waals surface area contributed by atoms with Gasteiger partial charge < -0.3 is 15.0 Å². The number of para-hydroxylation sites is 1. The Hall–Kier alpha value is -1.81. The molecule has 0 aliphatic carbocycles. The van der Waals surface area contributed by atoms with Crippen molar-refractivity contribution in [3.05, 3.63) is 36.0 Å². The Morgan fingerprint density at radius 3 is 2.95 bits per heavy atom. The molecule has 1 aliphatic heterocycles. The molecular weight excluding hydrogens is 240 g/mol. The fourth-order valence-electron chi connectivity index (χ4n) is 2.59. The van der Waals surface area contributed by atoms with Crippen LogP contribution in [0.4, 0.5) is 0 Å². The van der Waals surface area contributed by atoms with Gasteiger partial charge in [-0.05, 0) is 24.5 Å². The van der Waals surface area contributed by atoms with Gasteiger partial charge in [-0.15, -0.1) is 0 Å². The lowest BCUT2D eigenvalue weighted by Crippen LogP contribution is -2.53. The van der Waals surface area contributed by atoms with E-state index in [9.17, 15) is 4.79 Å². The lowest BCUT2D eigenvalue weighted by Gasteiger charge is -2.35. The summed E-state index contributed by atoms with van der Waals surface area (Å²) in [4.78, 5) is 16.7. The van der Waals surface area contributed by atoms with Crippen molar-refractivity contribution < 1.29 is 9.90 Å². The number of aliphatic hydroxyl groups excluding tert-OH is 1. The Morgan fingerprint density at radius 1 is 1.37 bits per heavy atom. The van der Waals surface area contributed by atoms with E-state index in [1.165, 1.54) is 10.9 Å². The van der Waals surface area contributed by atoms with Gasteiger partial charge >= 0.3 is 0 Å². The molecule has 0 spiro atoms. The summed E-state index contributed by atoms with van der Waals surface area (Å²) in [5, 5.41) is 10.4. The average Bonchev–Trinajstić information content (AvgIpc) is 2.79. The molecule has 3 rings (SSSR count). The number of aromatic nitrogens is 1. The van der Waals surface area contributed by atoms with E-state index in [1.807, 2.05) is 18.3 Å². The van der Waals surface area contributed by atoms with Crippen LogP contribution in [0.1, 0.15) is 18.4 Å². The molecule has 100 valence electrons. The minimum atomic E-state index is -0.308. The van der Waals surface area contributed by atoms with E-state index >= 15 is 0 Å². The summed E-state index contributed by atoms with van der Waals surface area (Å²) in [6, 6.07) is 8.22. The first kappa shape index (κ1) is 12.2. The van der Waals surface area contributed by atoms with Gasteiger partial charge in [0.25, 0.3) is 0 Å². The van der Waals surface area contributed by atoms with Crippen molar-refractivity contribution in [3.63, 3.8) is 0 Å². The summed E-state index contributed by atoms with van der Waals surface area (Å²) in [6.07, 6.45) is 4.05. The van der Waals surface area contributed by atoms with Gasteiger partial charge in [-0.1, -0.05) is 18.2 Å². The number of aryl methyl sites for hydroxylation is 1. The quantitative estimate of drug-likeness (QED) is 0.877. The van der Waals surface area contributed by atoms with Gasteiger partial charge in [0.2, 0.25) is 5.91 Å². The first-order chi connectivity index (χ1) is 9.24. The van der Waals surface area contributed by atoms with Crippen LogP contribution in [0.25, 0.3) is 10.9 Å². The van der Waals surface area contributed by atoms with Crippen LogP contribution in [0, 0.1) is 0 Å².